The molecule has 162 valence electrons. The summed E-state index contributed by atoms with van der Waals surface area (Å²) in [5, 5.41) is 11.0. The highest BCUT2D eigenvalue weighted by atomic mass is 16.1. The Morgan fingerprint density at radius 3 is 2.56 bits per heavy atom. The third kappa shape index (κ3) is 3.42. The number of allylic oxidation sites excluding steroid dienone is 2. The summed E-state index contributed by atoms with van der Waals surface area (Å²) in [6.45, 7) is 6.16. The minimum atomic E-state index is -0.355. The quantitative estimate of drug-likeness (QED) is 0.611. The molecule has 3 aromatic rings. The van der Waals surface area contributed by atoms with E-state index in [1.54, 1.807) is 10.9 Å². The van der Waals surface area contributed by atoms with E-state index < -0.39 is 0 Å². The van der Waals surface area contributed by atoms with Crippen molar-refractivity contribution in [1.29, 1.82) is 0 Å². The Hall–Kier alpha value is -3.67. The van der Waals surface area contributed by atoms with Crippen molar-refractivity contribution in [3.05, 3.63) is 88.8 Å². The SMILES string of the molecule is Cc1ccccc1NC(=O)c1cnn2c1NC1=C(C(=O)CC(C)(C)C1)C2c1ccccc1. The van der Waals surface area contributed by atoms with Crippen LogP contribution >= 0.6 is 0 Å². The highest BCUT2D eigenvalue weighted by Gasteiger charge is 2.42. The maximum absolute atomic E-state index is 13.2. The maximum Gasteiger partial charge on any atom is 0.261 e. The van der Waals surface area contributed by atoms with Crippen molar-refractivity contribution in [2.24, 2.45) is 5.41 Å². The summed E-state index contributed by atoms with van der Waals surface area (Å²) in [5.74, 6) is 0.518. The number of aryl methyl sites for hydroxylation is 1. The minimum absolute atomic E-state index is 0.129. The molecule has 5 rings (SSSR count). The molecule has 0 saturated carbocycles. The summed E-state index contributed by atoms with van der Waals surface area (Å²) in [5.41, 5.74) is 4.68. The lowest BCUT2D eigenvalue weighted by Gasteiger charge is -2.39. The van der Waals surface area contributed by atoms with E-state index in [1.165, 1.54) is 0 Å². The number of ketones is 1. The van der Waals surface area contributed by atoms with Gasteiger partial charge < -0.3 is 10.6 Å². The van der Waals surface area contributed by atoms with Gasteiger partial charge in [-0.25, -0.2) is 4.68 Å². The van der Waals surface area contributed by atoms with E-state index in [0.29, 0.717) is 17.8 Å². The van der Waals surface area contributed by atoms with Gasteiger partial charge in [-0.3, -0.25) is 9.59 Å². The average molecular weight is 427 g/mol. The summed E-state index contributed by atoms with van der Waals surface area (Å²) in [6.07, 6.45) is 2.81. The Bertz CT molecular complexity index is 1250. The maximum atomic E-state index is 13.2. The molecule has 1 unspecified atom stereocenters. The predicted octanol–water partition coefficient (Wildman–Crippen LogP) is 5.10. The third-order valence-electron chi connectivity index (χ3n) is 6.26. The molecule has 6 heteroatoms. The first-order chi connectivity index (χ1) is 15.3. The normalized spacial score (nSPS) is 19.1. The van der Waals surface area contributed by atoms with Crippen LogP contribution in [0.3, 0.4) is 0 Å². The molecule has 1 atom stereocenters. The zero-order chi connectivity index (χ0) is 22.5. The van der Waals surface area contributed by atoms with Gasteiger partial charge in [-0.15, -0.1) is 0 Å². The van der Waals surface area contributed by atoms with Gasteiger partial charge in [0.05, 0.1) is 6.20 Å². The number of nitrogens with zero attached hydrogens (tertiary/aromatic N) is 2. The number of aromatic nitrogens is 2. The number of Topliss-reactive ketones (excluding diaryl/α,β-unsaturated/α-hetero) is 1. The van der Waals surface area contributed by atoms with E-state index in [9.17, 15) is 9.59 Å². The Kier molecular flexibility index (Phi) is 4.73. The van der Waals surface area contributed by atoms with E-state index in [0.717, 1.165) is 34.5 Å². The zero-order valence-electron chi connectivity index (χ0n) is 18.5. The number of anilines is 2. The molecule has 0 bridgehead atoms. The summed E-state index contributed by atoms with van der Waals surface area (Å²) < 4.78 is 1.77. The van der Waals surface area contributed by atoms with Crippen LogP contribution in [0.5, 0.6) is 0 Å². The van der Waals surface area contributed by atoms with Crippen LogP contribution in [0.1, 0.15) is 54.2 Å². The van der Waals surface area contributed by atoms with Crippen LogP contribution in [0.2, 0.25) is 0 Å². The molecule has 32 heavy (non-hydrogen) atoms. The number of carbonyl (C=O) groups excluding carboxylic acids is 2. The van der Waals surface area contributed by atoms with Gasteiger partial charge in [0.15, 0.2) is 5.78 Å². The zero-order valence-corrected chi connectivity index (χ0v) is 18.5. The lowest BCUT2D eigenvalue weighted by atomic mass is 9.73. The van der Waals surface area contributed by atoms with Crippen molar-refractivity contribution in [3.8, 4) is 0 Å². The Morgan fingerprint density at radius 1 is 1.09 bits per heavy atom. The van der Waals surface area contributed by atoms with Crippen molar-refractivity contribution in [2.45, 2.75) is 39.7 Å². The second-order valence-electron chi connectivity index (χ2n) is 9.39. The Labute approximate surface area is 187 Å². The molecule has 6 nitrogen and oxygen atoms in total. The largest absolute Gasteiger partial charge is 0.343 e. The molecule has 0 saturated heterocycles. The number of amides is 1. The molecule has 0 spiro atoms. The fraction of sp³-hybridized carbons (Fsp3) is 0.269. The van der Waals surface area contributed by atoms with E-state index in [2.05, 4.69) is 29.6 Å². The lowest BCUT2D eigenvalue weighted by Crippen LogP contribution is -2.36. The molecule has 0 radical (unpaired) electrons. The average Bonchev–Trinajstić information content (AvgIpc) is 3.17. The lowest BCUT2D eigenvalue weighted by molar-refractivity contribution is -0.118. The first kappa shape index (κ1) is 20.2. The molecule has 2 aliphatic rings. The predicted molar refractivity (Wildman–Crippen MR) is 125 cm³/mol. The number of nitrogens with one attached hydrogen (secondary N) is 2. The van der Waals surface area contributed by atoms with Gasteiger partial charge >= 0.3 is 0 Å². The van der Waals surface area contributed by atoms with Crippen LogP contribution < -0.4 is 10.6 Å². The van der Waals surface area contributed by atoms with E-state index in [1.807, 2.05) is 61.5 Å². The second-order valence-corrected chi connectivity index (χ2v) is 9.39. The minimum Gasteiger partial charge on any atom is -0.343 e. The van der Waals surface area contributed by atoms with Crippen molar-refractivity contribution < 1.29 is 9.59 Å². The monoisotopic (exact) mass is 426 g/mol. The highest BCUT2D eigenvalue weighted by molar-refractivity contribution is 6.08. The molecular formula is C26H26N4O2. The number of hydrogen-bond acceptors (Lipinski definition) is 4. The molecule has 0 fully saturated rings. The third-order valence-corrected chi connectivity index (χ3v) is 6.26. The van der Waals surface area contributed by atoms with Crippen LogP contribution in [0, 0.1) is 12.3 Å². The summed E-state index contributed by atoms with van der Waals surface area (Å²) >= 11 is 0. The van der Waals surface area contributed by atoms with Gasteiger partial charge in [0.1, 0.15) is 17.4 Å². The van der Waals surface area contributed by atoms with Crippen LogP contribution in [-0.2, 0) is 4.79 Å². The number of hydrogen-bond donors (Lipinski definition) is 2. The van der Waals surface area contributed by atoms with Crippen LogP contribution in [0.15, 0.2) is 72.1 Å². The molecule has 2 aromatic carbocycles. The van der Waals surface area contributed by atoms with Crippen molar-refractivity contribution in [1.82, 2.24) is 9.78 Å². The van der Waals surface area contributed by atoms with Crippen LogP contribution in [-0.4, -0.2) is 21.5 Å². The van der Waals surface area contributed by atoms with E-state index in [4.69, 9.17) is 0 Å². The summed E-state index contributed by atoms with van der Waals surface area (Å²) in [6, 6.07) is 17.2. The van der Waals surface area contributed by atoms with Crippen molar-refractivity contribution in [2.75, 3.05) is 10.6 Å². The molecular weight excluding hydrogens is 400 g/mol. The topological polar surface area (TPSA) is 76.0 Å². The van der Waals surface area contributed by atoms with Crippen molar-refractivity contribution in [3.63, 3.8) is 0 Å². The number of fused-ring (bicyclic) bond motifs is 1. The Morgan fingerprint density at radius 2 is 1.81 bits per heavy atom. The molecule has 1 aliphatic heterocycles. The second kappa shape index (κ2) is 7.48. The standard InChI is InChI=1S/C26H26N4O2/c1-16-9-7-8-12-19(16)29-25(32)18-15-27-30-23(17-10-5-4-6-11-17)22-20(28-24(18)30)13-26(2,3)14-21(22)31/h4-12,15,23,28H,13-14H2,1-3H3,(H,29,32). The fourth-order valence-corrected chi connectivity index (χ4v) is 4.72. The van der Waals surface area contributed by atoms with Crippen LogP contribution in [0.4, 0.5) is 11.5 Å². The first-order valence-corrected chi connectivity index (χ1v) is 10.9. The smallest absolute Gasteiger partial charge is 0.261 e. The molecule has 1 aliphatic carbocycles. The molecule has 2 heterocycles. The number of para-hydroxylation sites is 1. The van der Waals surface area contributed by atoms with Gasteiger partial charge in [-0.05, 0) is 36.0 Å². The molecule has 1 aromatic heterocycles. The van der Waals surface area contributed by atoms with E-state index >= 15 is 0 Å². The number of carbonyl (C=O) groups is 2. The van der Waals surface area contributed by atoms with Gasteiger partial charge in [0.2, 0.25) is 0 Å². The number of rotatable bonds is 3. The molecule has 1 amide bonds. The first-order valence-electron chi connectivity index (χ1n) is 10.9. The summed E-state index contributed by atoms with van der Waals surface area (Å²) in [4.78, 5) is 26.4. The highest BCUT2D eigenvalue weighted by Crippen LogP contribution is 2.46. The fourth-order valence-electron chi connectivity index (χ4n) is 4.72. The van der Waals surface area contributed by atoms with Gasteiger partial charge in [-0.2, -0.15) is 5.10 Å². The number of benzene rings is 2. The Balaban J connectivity index is 1.60. The summed E-state index contributed by atoms with van der Waals surface area (Å²) in [7, 11) is 0. The molecule has 2 N–H and O–H groups in total. The van der Waals surface area contributed by atoms with Crippen LogP contribution in [0.25, 0.3) is 0 Å². The van der Waals surface area contributed by atoms with E-state index in [-0.39, 0.29) is 23.1 Å². The van der Waals surface area contributed by atoms with Crippen molar-refractivity contribution >= 4 is 23.2 Å². The van der Waals surface area contributed by atoms with Gasteiger partial charge in [0.25, 0.3) is 5.91 Å². The van der Waals surface area contributed by atoms with Gasteiger partial charge in [0, 0.05) is 23.4 Å². The van der Waals surface area contributed by atoms with Gasteiger partial charge in [-0.1, -0.05) is 62.4 Å².